The maximum Gasteiger partial charge on any atom is 0.417 e. The molecule has 0 saturated heterocycles. The van der Waals surface area contributed by atoms with E-state index < -0.39 is 17.8 Å². The number of fused-ring (bicyclic) bond motifs is 1. The van der Waals surface area contributed by atoms with Gasteiger partial charge in [0.15, 0.2) is 5.65 Å². The van der Waals surface area contributed by atoms with E-state index in [2.05, 4.69) is 4.98 Å². The highest BCUT2D eigenvalue weighted by Crippen LogP contribution is 2.33. The Morgan fingerprint density at radius 1 is 1.50 bits per heavy atom. The molecular weight excluding hydrogens is 269 g/mol. The summed E-state index contributed by atoms with van der Waals surface area (Å²) in [6.07, 6.45) is -2.77. The predicted octanol–water partition coefficient (Wildman–Crippen LogP) is 3.45. The molecule has 0 radical (unpaired) electrons. The van der Waals surface area contributed by atoms with Crippen molar-refractivity contribution in [2.45, 2.75) is 25.6 Å². The van der Waals surface area contributed by atoms with Crippen LogP contribution in [0.2, 0.25) is 5.02 Å². The van der Waals surface area contributed by atoms with Crippen molar-refractivity contribution in [3.8, 4) is 0 Å². The van der Waals surface area contributed by atoms with Crippen LogP contribution in [0.3, 0.4) is 0 Å². The summed E-state index contributed by atoms with van der Waals surface area (Å²) in [5, 5.41) is 9.62. The lowest BCUT2D eigenvalue weighted by Gasteiger charge is -2.11. The number of rotatable bonds is 2. The molecule has 98 valence electrons. The van der Waals surface area contributed by atoms with Gasteiger partial charge in [0.1, 0.15) is 0 Å². The number of alkyl halides is 3. The van der Waals surface area contributed by atoms with Crippen molar-refractivity contribution in [3.05, 3.63) is 34.7 Å². The van der Waals surface area contributed by atoms with Crippen LogP contribution in [0.4, 0.5) is 13.2 Å². The topological polar surface area (TPSA) is 37.5 Å². The molecule has 0 spiro atoms. The molecule has 1 atom stereocenters. The Morgan fingerprint density at radius 3 is 2.72 bits per heavy atom. The number of aliphatic hydroxyl groups is 1. The van der Waals surface area contributed by atoms with E-state index in [9.17, 15) is 18.3 Å². The van der Waals surface area contributed by atoms with Crippen LogP contribution in [0.5, 0.6) is 0 Å². The quantitative estimate of drug-likeness (QED) is 0.913. The number of hydrogen-bond donors (Lipinski definition) is 1. The fraction of sp³-hybridized carbons (Fsp3) is 0.364. The molecule has 7 heteroatoms. The highest BCUT2D eigenvalue weighted by Gasteiger charge is 2.32. The predicted molar refractivity (Wildman–Crippen MR) is 60.5 cm³/mol. The van der Waals surface area contributed by atoms with Crippen molar-refractivity contribution in [2.24, 2.45) is 0 Å². The second-order valence-corrected chi connectivity index (χ2v) is 4.28. The minimum atomic E-state index is -4.49. The maximum absolute atomic E-state index is 12.7. The van der Waals surface area contributed by atoms with Gasteiger partial charge in [-0.05, 0) is 12.5 Å². The first kappa shape index (κ1) is 13.2. The van der Waals surface area contributed by atoms with Crippen LogP contribution >= 0.6 is 11.6 Å². The summed E-state index contributed by atoms with van der Waals surface area (Å²) in [6, 6.07) is 0.825. The van der Waals surface area contributed by atoms with Crippen LogP contribution in [0.1, 0.15) is 30.7 Å². The maximum atomic E-state index is 12.7. The SMILES string of the molecule is CCC(O)c1cnc2c(Cl)cc(C(F)(F)F)cn12. The van der Waals surface area contributed by atoms with Gasteiger partial charge in [-0.3, -0.25) is 4.40 Å². The molecule has 3 nitrogen and oxygen atoms in total. The number of nitrogens with zero attached hydrogens (tertiary/aromatic N) is 2. The van der Waals surface area contributed by atoms with Gasteiger partial charge in [-0.1, -0.05) is 18.5 Å². The summed E-state index contributed by atoms with van der Waals surface area (Å²) in [4.78, 5) is 3.91. The Morgan fingerprint density at radius 2 is 2.17 bits per heavy atom. The molecule has 2 aromatic heterocycles. The normalized spacial score (nSPS) is 14.1. The summed E-state index contributed by atoms with van der Waals surface area (Å²) >= 11 is 5.76. The van der Waals surface area contributed by atoms with E-state index in [0.29, 0.717) is 12.1 Å². The molecular formula is C11H10ClF3N2O. The van der Waals surface area contributed by atoms with Crippen molar-refractivity contribution in [1.29, 1.82) is 0 Å². The molecule has 0 aliphatic heterocycles. The Labute approximate surface area is 106 Å². The lowest BCUT2D eigenvalue weighted by atomic mass is 10.2. The van der Waals surface area contributed by atoms with Gasteiger partial charge in [-0.15, -0.1) is 0 Å². The van der Waals surface area contributed by atoms with Crippen molar-refractivity contribution in [2.75, 3.05) is 0 Å². The molecule has 1 N–H and O–H groups in total. The number of imidazole rings is 1. The van der Waals surface area contributed by atoms with E-state index in [1.807, 2.05) is 0 Å². The molecule has 1 unspecified atom stereocenters. The number of aliphatic hydroxyl groups excluding tert-OH is 1. The summed E-state index contributed by atoms with van der Waals surface area (Å²) in [7, 11) is 0. The number of halogens is 4. The first-order valence-corrected chi connectivity index (χ1v) is 5.64. The van der Waals surface area contributed by atoms with Crippen LogP contribution in [0, 0.1) is 0 Å². The largest absolute Gasteiger partial charge is 0.417 e. The third-order valence-corrected chi connectivity index (χ3v) is 2.92. The minimum absolute atomic E-state index is 0.0978. The van der Waals surface area contributed by atoms with Crippen LogP contribution < -0.4 is 0 Å². The first-order valence-electron chi connectivity index (χ1n) is 5.26. The zero-order valence-corrected chi connectivity index (χ0v) is 10.1. The van der Waals surface area contributed by atoms with Crippen LogP contribution in [0.15, 0.2) is 18.5 Å². The number of aromatic nitrogens is 2. The van der Waals surface area contributed by atoms with E-state index in [4.69, 9.17) is 11.6 Å². The standard InChI is InChI=1S/C11H10ClF3N2O/c1-2-9(18)8-4-16-10-7(12)3-6(5-17(8)10)11(13,14)15/h3-5,9,18H,2H2,1H3. The molecule has 0 saturated carbocycles. The van der Waals surface area contributed by atoms with Crippen molar-refractivity contribution in [3.63, 3.8) is 0 Å². The van der Waals surface area contributed by atoms with Gasteiger partial charge in [0.25, 0.3) is 0 Å². The van der Waals surface area contributed by atoms with Gasteiger partial charge >= 0.3 is 6.18 Å². The minimum Gasteiger partial charge on any atom is -0.387 e. The highest BCUT2D eigenvalue weighted by atomic mass is 35.5. The molecule has 0 amide bonds. The average Bonchev–Trinajstić information content (AvgIpc) is 2.71. The van der Waals surface area contributed by atoms with Gasteiger partial charge in [-0.25, -0.2) is 4.98 Å². The van der Waals surface area contributed by atoms with Crippen molar-refractivity contribution < 1.29 is 18.3 Å². The van der Waals surface area contributed by atoms with E-state index in [0.717, 1.165) is 12.3 Å². The van der Waals surface area contributed by atoms with Gasteiger partial charge in [0.2, 0.25) is 0 Å². The third kappa shape index (κ3) is 2.18. The Kier molecular flexibility index (Phi) is 3.25. The Bertz CT molecular complexity index is 579. The second-order valence-electron chi connectivity index (χ2n) is 3.88. The lowest BCUT2D eigenvalue weighted by molar-refractivity contribution is -0.137. The fourth-order valence-corrected chi connectivity index (χ4v) is 1.93. The van der Waals surface area contributed by atoms with E-state index in [1.54, 1.807) is 6.92 Å². The summed E-state index contributed by atoms with van der Waals surface area (Å²) in [6.45, 7) is 1.72. The van der Waals surface area contributed by atoms with Crippen LogP contribution in [-0.2, 0) is 6.18 Å². The van der Waals surface area contributed by atoms with Gasteiger partial charge in [0, 0.05) is 6.20 Å². The van der Waals surface area contributed by atoms with Crippen molar-refractivity contribution >= 4 is 17.2 Å². The second kappa shape index (κ2) is 4.44. The zero-order chi connectivity index (χ0) is 13.5. The smallest absolute Gasteiger partial charge is 0.387 e. The number of hydrogen-bond acceptors (Lipinski definition) is 2. The molecule has 0 aliphatic rings. The Balaban J connectivity index is 2.68. The summed E-state index contributed by atoms with van der Waals surface area (Å²) in [5.74, 6) is 0. The lowest BCUT2D eigenvalue weighted by Crippen LogP contribution is -2.08. The number of pyridine rings is 1. The summed E-state index contributed by atoms with van der Waals surface area (Å²) in [5.41, 5.74) is -0.379. The molecule has 18 heavy (non-hydrogen) atoms. The fourth-order valence-electron chi connectivity index (χ4n) is 1.67. The van der Waals surface area contributed by atoms with E-state index >= 15 is 0 Å². The highest BCUT2D eigenvalue weighted by molar-refractivity contribution is 6.33. The monoisotopic (exact) mass is 278 g/mol. The van der Waals surface area contributed by atoms with Gasteiger partial charge < -0.3 is 5.11 Å². The molecule has 0 aliphatic carbocycles. The van der Waals surface area contributed by atoms with Gasteiger partial charge in [-0.2, -0.15) is 13.2 Å². The molecule has 0 aromatic carbocycles. The van der Waals surface area contributed by atoms with E-state index in [-0.39, 0.29) is 10.7 Å². The third-order valence-electron chi connectivity index (χ3n) is 2.64. The van der Waals surface area contributed by atoms with E-state index in [1.165, 1.54) is 10.6 Å². The van der Waals surface area contributed by atoms with Crippen molar-refractivity contribution in [1.82, 2.24) is 9.38 Å². The van der Waals surface area contributed by atoms with Crippen LogP contribution in [0.25, 0.3) is 5.65 Å². The Hall–Kier alpha value is -1.27. The molecule has 2 aromatic rings. The first-order chi connectivity index (χ1) is 8.34. The van der Waals surface area contributed by atoms with Crippen LogP contribution in [-0.4, -0.2) is 14.5 Å². The average molecular weight is 279 g/mol. The molecule has 2 rings (SSSR count). The summed E-state index contributed by atoms with van der Waals surface area (Å²) < 4.78 is 39.2. The molecule has 2 heterocycles. The van der Waals surface area contributed by atoms with Gasteiger partial charge in [0.05, 0.1) is 28.6 Å². The zero-order valence-electron chi connectivity index (χ0n) is 9.37. The molecule has 0 bridgehead atoms. The molecule has 0 fully saturated rings.